The molecule has 0 aliphatic rings. The van der Waals surface area contributed by atoms with E-state index in [1.807, 2.05) is 0 Å². The lowest BCUT2D eigenvalue weighted by Crippen LogP contribution is -2.12. The fourth-order valence-corrected chi connectivity index (χ4v) is 3.32. The molecule has 0 radical (unpaired) electrons. The van der Waals surface area contributed by atoms with Crippen LogP contribution in [0.25, 0.3) is 0 Å². The number of aromatic nitrogens is 2. The second kappa shape index (κ2) is 9.67. The summed E-state index contributed by atoms with van der Waals surface area (Å²) < 4.78 is 79.0. The zero-order valence-electron chi connectivity index (χ0n) is 16.9. The van der Waals surface area contributed by atoms with Crippen LogP contribution in [0.4, 0.5) is 27.8 Å². The van der Waals surface area contributed by atoms with Crippen molar-refractivity contribution in [3.63, 3.8) is 0 Å². The SMILES string of the molecule is O=C(Nc1nn(Cc2ccc(F)cc2)cc1Br)c1ccc(COc2c(F)c(F)cc(F)c2F)o1. The summed E-state index contributed by atoms with van der Waals surface area (Å²) in [7, 11) is 0. The minimum Gasteiger partial charge on any atom is -0.479 e. The molecule has 176 valence electrons. The first-order valence-electron chi connectivity index (χ1n) is 9.54. The van der Waals surface area contributed by atoms with Crippen molar-refractivity contribution < 1.29 is 35.9 Å². The summed E-state index contributed by atoms with van der Waals surface area (Å²) in [4.78, 5) is 12.5. The number of rotatable bonds is 7. The standard InChI is InChI=1S/C22H13BrF5N3O3/c23-14-9-31(8-11-1-3-12(24)4-2-11)30-21(14)29-22(32)17-6-5-13(34-17)10-33-20-18(27)15(25)7-16(26)19(20)28/h1-7,9H,8,10H2,(H,29,30,32). The highest BCUT2D eigenvalue weighted by Crippen LogP contribution is 2.27. The van der Waals surface area contributed by atoms with E-state index in [1.54, 1.807) is 18.3 Å². The van der Waals surface area contributed by atoms with E-state index in [0.29, 0.717) is 11.0 Å². The van der Waals surface area contributed by atoms with Crippen LogP contribution in [0.2, 0.25) is 0 Å². The van der Waals surface area contributed by atoms with Gasteiger partial charge in [-0.05, 0) is 45.8 Å². The number of hydrogen-bond acceptors (Lipinski definition) is 4. The molecule has 12 heteroatoms. The Morgan fingerprint density at radius 2 is 1.71 bits per heavy atom. The van der Waals surface area contributed by atoms with Crippen LogP contribution in [0, 0.1) is 29.1 Å². The van der Waals surface area contributed by atoms with E-state index in [9.17, 15) is 26.7 Å². The normalized spacial score (nSPS) is 11.0. The summed E-state index contributed by atoms with van der Waals surface area (Å²) in [6.07, 6.45) is 1.61. The third kappa shape index (κ3) is 5.11. The number of ether oxygens (including phenoxy) is 1. The fraction of sp³-hybridized carbons (Fsp3) is 0.0909. The molecular formula is C22H13BrF5N3O3. The number of nitrogens with zero attached hydrogens (tertiary/aromatic N) is 2. The van der Waals surface area contributed by atoms with Gasteiger partial charge in [0.05, 0.1) is 11.0 Å². The molecule has 4 aromatic rings. The van der Waals surface area contributed by atoms with Crippen molar-refractivity contribution in [3.05, 3.63) is 99.3 Å². The molecule has 2 aromatic heterocycles. The van der Waals surface area contributed by atoms with Crippen molar-refractivity contribution >= 4 is 27.7 Å². The maximum atomic E-state index is 13.7. The number of hydrogen-bond donors (Lipinski definition) is 1. The molecule has 0 unspecified atom stereocenters. The lowest BCUT2D eigenvalue weighted by atomic mass is 10.2. The van der Waals surface area contributed by atoms with Gasteiger partial charge in [-0.1, -0.05) is 12.1 Å². The zero-order valence-corrected chi connectivity index (χ0v) is 18.5. The van der Waals surface area contributed by atoms with Crippen molar-refractivity contribution in [3.8, 4) is 5.75 Å². The van der Waals surface area contributed by atoms with Crippen LogP contribution in [0.3, 0.4) is 0 Å². The number of benzene rings is 2. The van der Waals surface area contributed by atoms with Crippen LogP contribution >= 0.6 is 15.9 Å². The van der Waals surface area contributed by atoms with Crippen molar-refractivity contribution in [2.45, 2.75) is 13.2 Å². The van der Waals surface area contributed by atoms with E-state index < -0.39 is 41.5 Å². The molecule has 4 rings (SSSR count). The minimum atomic E-state index is -1.69. The van der Waals surface area contributed by atoms with Crippen LogP contribution in [0.15, 0.2) is 57.6 Å². The Labute approximate surface area is 197 Å². The van der Waals surface area contributed by atoms with Crippen molar-refractivity contribution in [2.24, 2.45) is 0 Å². The second-order valence-corrected chi connectivity index (χ2v) is 7.81. The minimum absolute atomic E-state index is 0.0328. The number of carbonyl (C=O) groups is 1. The average molecular weight is 542 g/mol. The summed E-state index contributed by atoms with van der Waals surface area (Å²) >= 11 is 3.28. The fourth-order valence-electron chi connectivity index (χ4n) is 2.91. The topological polar surface area (TPSA) is 69.3 Å². The van der Waals surface area contributed by atoms with E-state index >= 15 is 0 Å². The van der Waals surface area contributed by atoms with Crippen LogP contribution in [0.1, 0.15) is 21.9 Å². The summed E-state index contributed by atoms with van der Waals surface area (Å²) in [5.74, 6) is -8.92. The highest BCUT2D eigenvalue weighted by Gasteiger charge is 2.22. The van der Waals surface area contributed by atoms with E-state index in [4.69, 9.17) is 9.15 Å². The first kappa shape index (κ1) is 23.5. The molecule has 0 aliphatic carbocycles. The van der Waals surface area contributed by atoms with Crippen molar-refractivity contribution in [2.75, 3.05) is 5.32 Å². The van der Waals surface area contributed by atoms with E-state index in [-0.39, 0.29) is 29.2 Å². The van der Waals surface area contributed by atoms with Gasteiger partial charge in [0.1, 0.15) is 18.2 Å². The van der Waals surface area contributed by atoms with Gasteiger partial charge in [-0.25, -0.2) is 13.2 Å². The Balaban J connectivity index is 1.40. The quantitative estimate of drug-likeness (QED) is 0.236. The molecule has 0 bridgehead atoms. The van der Waals surface area contributed by atoms with Gasteiger partial charge in [0.2, 0.25) is 11.6 Å². The van der Waals surface area contributed by atoms with Crippen LogP contribution in [-0.4, -0.2) is 15.7 Å². The molecule has 6 nitrogen and oxygen atoms in total. The lowest BCUT2D eigenvalue weighted by molar-refractivity contribution is 0.0991. The number of nitrogens with one attached hydrogen (secondary N) is 1. The third-order valence-corrected chi connectivity index (χ3v) is 5.10. The predicted octanol–water partition coefficient (Wildman–Crippen LogP) is 5.81. The molecule has 1 N–H and O–H groups in total. The maximum absolute atomic E-state index is 13.7. The largest absolute Gasteiger partial charge is 0.479 e. The molecule has 2 heterocycles. The number of halogens is 6. The Morgan fingerprint density at radius 3 is 2.38 bits per heavy atom. The molecule has 1 amide bonds. The Bertz CT molecular complexity index is 1330. The Morgan fingerprint density at radius 1 is 1.03 bits per heavy atom. The maximum Gasteiger partial charge on any atom is 0.292 e. The monoisotopic (exact) mass is 541 g/mol. The molecule has 0 fully saturated rings. The highest BCUT2D eigenvalue weighted by atomic mass is 79.9. The smallest absolute Gasteiger partial charge is 0.292 e. The number of carbonyl (C=O) groups excluding carboxylic acids is 1. The second-order valence-electron chi connectivity index (χ2n) is 6.96. The molecule has 0 saturated carbocycles. The van der Waals surface area contributed by atoms with Gasteiger partial charge in [-0.3, -0.25) is 9.48 Å². The first-order chi connectivity index (χ1) is 16.2. The highest BCUT2D eigenvalue weighted by molar-refractivity contribution is 9.10. The molecule has 0 atom stereocenters. The number of anilines is 1. The summed E-state index contributed by atoms with van der Waals surface area (Å²) in [5, 5.41) is 6.77. The number of furan rings is 1. The molecule has 0 saturated heterocycles. The van der Waals surface area contributed by atoms with E-state index in [0.717, 1.165) is 5.56 Å². The first-order valence-corrected chi connectivity index (χ1v) is 10.3. The van der Waals surface area contributed by atoms with Gasteiger partial charge in [0.15, 0.2) is 29.0 Å². The van der Waals surface area contributed by atoms with Crippen LogP contribution in [-0.2, 0) is 13.2 Å². The number of amides is 1. The summed E-state index contributed by atoms with van der Waals surface area (Å²) in [6, 6.07) is 8.48. The zero-order chi connectivity index (χ0) is 24.4. The van der Waals surface area contributed by atoms with E-state index in [1.165, 1.54) is 28.9 Å². The molecule has 0 aliphatic heterocycles. The Hall–Kier alpha value is -3.67. The van der Waals surface area contributed by atoms with Crippen molar-refractivity contribution in [1.29, 1.82) is 0 Å². The van der Waals surface area contributed by atoms with Gasteiger partial charge in [0.25, 0.3) is 5.91 Å². The third-order valence-electron chi connectivity index (χ3n) is 4.52. The van der Waals surface area contributed by atoms with E-state index in [2.05, 4.69) is 26.3 Å². The molecule has 34 heavy (non-hydrogen) atoms. The van der Waals surface area contributed by atoms with Gasteiger partial charge < -0.3 is 14.5 Å². The molecular weight excluding hydrogens is 529 g/mol. The molecule has 0 spiro atoms. The Kier molecular flexibility index (Phi) is 6.68. The van der Waals surface area contributed by atoms with Gasteiger partial charge in [-0.15, -0.1) is 0 Å². The lowest BCUT2D eigenvalue weighted by Gasteiger charge is -2.08. The van der Waals surface area contributed by atoms with Gasteiger partial charge in [0, 0.05) is 12.3 Å². The van der Waals surface area contributed by atoms with Gasteiger partial charge >= 0.3 is 0 Å². The predicted molar refractivity (Wildman–Crippen MR) is 113 cm³/mol. The van der Waals surface area contributed by atoms with Crippen LogP contribution < -0.4 is 10.1 Å². The van der Waals surface area contributed by atoms with Crippen LogP contribution in [0.5, 0.6) is 5.75 Å². The van der Waals surface area contributed by atoms with Crippen molar-refractivity contribution in [1.82, 2.24) is 9.78 Å². The average Bonchev–Trinajstić information content (AvgIpc) is 3.40. The molecule has 2 aromatic carbocycles. The summed E-state index contributed by atoms with van der Waals surface area (Å²) in [5.41, 5.74) is 0.788. The summed E-state index contributed by atoms with van der Waals surface area (Å²) in [6.45, 7) is -0.273. The van der Waals surface area contributed by atoms with Gasteiger partial charge in [-0.2, -0.15) is 13.9 Å².